The lowest BCUT2D eigenvalue weighted by atomic mass is 9.77. The van der Waals surface area contributed by atoms with Crippen molar-refractivity contribution < 1.29 is 4.74 Å². The number of ether oxygens (including phenoxy) is 1. The maximum Gasteiger partial charge on any atom is 0.0830 e. The maximum absolute atomic E-state index is 6.26. The zero-order chi connectivity index (χ0) is 14.2. The van der Waals surface area contributed by atoms with Crippen LogP contribution in [0.1, 0.15) is 41.0 Å². The lowest BCUT2D eigenvalue weighted by molar-refractivity contribution is -0.104. The summed E-state index contributed by atoms with van der Waals surface area (Å²) in [5.74, 6) is 1.12. The van der Waals surface area contributed by atoms with Gasteiger partial charge in [0.25, 0.3) is 0 Å². The summed E-state index contributed by atoms with van der Waals surface area (Å²) in [6.07, 6.45) is 3.14. The van der Waals surface area contributed by atoms with Gasteiger partial charge in [-0.05, 0) is 54.3 Å². The first-order valence-electron chi connectivity index (χ1n) is 6.74. The van der Waals surface area contributed by atoms with E-state index in [0.29, 0.717) is 12.6 Å². The monoisotopic (exact) mass is 274 g/mol. The molecule has 0 spiro atoms. The van der Waals surface area contributed by atoms with E-state index in [1.54, 1.807) is 0 Å². The maximum atomic E-state index is 6.26. The van der Waals surface area contributed by atoms with Crippen molar-refractivity contribution in [3.05, 3.63) is 0 Å². The zero-order valence-electron chi connectivity index (χ0n) is 13.0. The van der Waals surface area contributed by atoms with Gasteiger partial charge in [0.2, 0.25) is 0 Å². The zero-order valence-corrected chi connectivity index (χ0v) is 13.9. The molecule has 0 aromatic heterocycles. The standard InChI is InChI=1S/C14H30N2OS/c1-11(8-18-7)16(6)14(10-15)9-12(2,3)17-13(14,4)5/h11H,8-10,15H2,1-7H3. The van der Waals surface area contributed by atoms with Crippen LogP contribution in [0.15, 0.2) is 0 Å². The Morgan fingerprint density at radius 2 is 1.89 bits per heavy atom. The average Bonchev–Trinajstić information content (AvgIpc) is 2.42. The van der Waals surface area contributed by atoms with E-state index in [4.69, 9.17) is 10.5 Å². The molecule has 1 fully saturated rings. The summed E-state index contributed by atoms with van der Waals surface area (Å²) in [7, 11) is 2.19. The Balaban J connectivity index is 3.05. The highest BCUT2D eigenvalue weighted by Crippen LogP contribution is 2.48. The van der Waals surface area contributed by atoms with Gasteiger partial charge in [-0.25, -0.2) is 0 Å². The minimum absolute atomic E-state index is 0.0777. The smallest absolute Gasteiger partial charge is 0.0830 e. The Morgan fingerprint density at radius 3 is 2.22 bits per heavy atom. The molecule has 1 saturated heterocycles. The molecule has 1 heterocycles. The molecule has 1 aliphatic rings. The Kier molecular flexibility index (Phi) is 4.81. The summed E-state index contributed by atoms with van der Waals surface area (Å²) >= 11 is 1.88. The molecule has 2 atom stereocenters. The quantitative estimate of drug-likeness (QED) is 0.835. The predicted molar refractivity (Wildman–Crippen MR) is 81.3 cm³/mol. The minimum Gasteiger partial charge on any atom is -0.368 e. The van der Waals surface area contributed by atoms with E-state index in [1.165, 1.54) is 0 Å². The van der Waals surface area contributed by atoms with E-state index in [0.717, 1.165) is 12.2 Å². The van der Waals surface area contributed by atoms with Gasteiger partial charge in [-0.2, -0.15) is 11.8 Å². The van der Waals surface area contributed by atoms with Crippen LogP contribution in [0.5, 0.6) is 0 Å². The second-order valence-electron chi connectivity index (χ2n) is 6.70. The molecule has 1 aliphatic heterocycles. The summed E-state index contributed by atoms with van der Waals surface area (Å²) in [5, 5.41) is 0. The van der Waals surface area contributed by atoms with Gasteiger partial charge < -0.3 is 10.5 Å². The molecule has 4 heteroatoms. The molecule has 0 radical (unpaired) electrons. The van der Waals surface area contributed by atoms with Crippen molar-refractivity contribution >= 4 is 11.8 Å². The van der Waals surface area contributed by atoms with Gasteiger partial charge in [-0.3, -0.25) is 4.90 Å². The predicted octanol–water partition coefficient (Wildman–Crippen LogP) is 2.34. The molecule has 1 rings (SSSR count). The highest BCUT2D eigenvalue weighted by Gasteiger charge is 2.59. The van der Waals surface area contributed by atoms with Crippen molar-refractivity contribution in [1.29, 1.82) is 0 Å². The van der Waals surface area contributed by atoms with Gasteiger partial charge in [0, 0.05) is 18.3 Å². The van der Waals surface area contributed by atoms with Crippen LogP contribution in [0.3, 0.4) is 0 Å². The molecule has 0 bridgehead atoms. The number of likely N-dealkylation sites (N-methyl/N-ethyl adjacent to an activating group) is 1. The van der Waals surface area contributed by atoms with Crippen LogP contribution in [0.4, 0.5) is 0 Å². The molecule has 0 saturated carbocycles. The van der Waals surface area contributed by atoms with Gasteiger partial charge in [-0.15, -0.1) is 0 Å². The number of rotatable bonds is 5. The number of nitrogens with two attached hydrogens (primary N) is 1. The van der Waals surface area contributed by atoms with Gasteiger partial charge in [-0.1, -0.05) is 0 Å². The minimum atomic E-state index is -0.216. The van der Waals surface area contributed by atoms with Crippen LogP contribution in [0, 0.1) is 0 Å². The Bertz CT molecular complexity index is 294. The van der Waals surface area contributed by atoms with Crippen molar-refractivity contribution in [2.24, 2.45) is 5.73 Å². The highest BCUT2D eigenvalue weighted by molar-refractivity contribution is 7.98. The van der Waals surface area contributed by atoms with E-state index in [1.807, 2.05) is 11.8 Å². The third-order valence-electron chi connectivity index (χ3n) is 4.45. The fraction of sp³-hybridized carbons (Fsp3) is 1.00. The normalized spacial score (nSPS) is 31.8. The third kappa shape index (κ3) is 2.72. The molecule has 2 N–H and O–H groups in total. The van der Waals surface area contributed by atoms with Crippen LogP contribution in [-0.4, -0.2) is 53.3 Å². The first-order valence-corrected chi connectivity index (χ1v) is 8.13. The van der Waals surface area contributed by atoms with Crippen LogP contribution in [0.2, 0.25) is 0 Å². The van der Waals surface area contributed by atoms with E-state index in [9.17, 15) is 0 Å². The number of nitrogens with zero attached hydrogens (tertiary/aromatic N) is 1. The first kappa shape index (κ1) is 16.3. The third-order valence-corrected chi connectivity index (χ3v) is 5.27. The van der Waals surface area contributed by atoms with E-state index >= 15 is 0 Å². The summed E-state index contributed by atoms with van der Waals surface area (Å²) in [6, 6.07) is 0.500. The number of hydrogen-bond acceptors (Lipinski definition) is 4. The topological polar surface area (TPSA) is 38.5 Å². The fourth-order valence-corrected chi connectivity index (χ4v) is 4.23. The van der Waals surface area contributed by atoms with E-state index in [2.05, 4.69) is 52.8 Å². The second kappa shape index (κ2) is 5.31. The number of hydrogen-bond donors (Lipinski definition) is 1. The summed E-state index contributed by atoms with van der Waals surface area (Å²) in [6.45, 7) is 11.6. The van der Waals surface area contributed by atoms with Crippen molar-refractivity contribution in [2.45, 2.75) is 63.8 Å². The molecule has 3 nitrogen and oxygen atoms in total. The van der Waals surface area contributed by atoms with Gasteiger partial charge >= 0.3 is 0 Å². The Hall–Kier alpha value is 0.230. The van der Waals surface area contributed by atoms with Crippen molar-refractivity contribution in [3.63, 3.8) is 0 Å². The molecule has 0 aromatic rings. The van der Waals surface area contributed by atoms with Crippen molar-refractivity contribution in [2.75, 3.05) is 25.6 Å². The Morgan fingerprint density at radius 1 is 1.33 bits per heavy atom. The Labute approximate surface area is 117 Å². The summed E-state index contributed by atoms with van der Waals surface area (Å²) in [5.41, 5.74) is 5.78. The summed E-state index contributed by atoms with van der Waals surface area (Å²) in [4.78, 5) is 2.44. The molecule has 18 heavy (non-hydrogen) atoms. The number of thioether (sulfide) groups is 1. The van der Waals surface area contributed by atoms with Crippen molar-refractivity contribution in [3.8, 4) is 0 Å². The largest absolute Gasteiger partial charge is 0.368 e. The molecular formula is C14H30N2OS. The lowest BCUT2D eigenvalue weighted by Gasteiger charge is -2.48. The van der Waals surface area contributed by atoms with E-state index < -0.39 is 0 Å². The van der Waals surface area contributed by atoms with Gasteiger partial charge in [0.15, 0.2) is 0 Å². The van der Waals surface area contributed by atoms with Crippen LogP contribution in [-0.2, 0) is 4.74 Å². The SMILES string of the molecule is CSCC(C)N(C)C1(CN)CC(C)(C)OC1(C)C. The second-order valence-corrected chi connectivity index (χ2v) is 7.61. The molecular weight excluding hydrogens is 244 g/mol. The van der Waals surface area contributed by atoms with E-state index in [-0.39, 0.29) is 16.7 Å². The lowest BCUT2D eigenvalue weighted by Crippen LogP contribution is -2.64. The van der Waals surface area contributed by atoms with Crippen LogP contribution < -0.4 is 5.73 Å². The van der Waals surface area contributed by atoms with Crippen LogP contribution >= 0.6 is 11.8 Å². The first-order chi connectivity index (χ1) is 8.12. The van der Waals surface area contributed by atoms with Gasteiger partial charge in [0.1, 0.15) is 0 Å². The summed E-state index contributed by atoms with van der Waals surface area (Å²) < 4.78 is 6.26. The molecule has 0 aliphatic carbocycles. The molecule has 2 unspecified atom stereocenters. The molecule has 0 amide bonds. The fourth-order valence-electron chi connectivity index (χ4n) is 3.53. The van der Waals surface area contributed by atoms with Crippen molar-refractivity contribution in [1.82, 2.24) is 4.90 Å². The highest BCUT2D eigenvalue weighted by atomic mass is 32.2. The van der Waals surface area contributed by atoms with Crippen LogP contribution in [0.25, 0.3) is 0 Å². The molecule has 0 aromatic carbocycles. The average molecular weight is 274 g/mol. The van der Waals surface area contributed by atoms with Gasteiger partial charge in [0.05, 0.1) is 16.7 Å². The molecule has 108 valence electrons.